The van der Waals surface area contributed by atoms with Crippen molar-refractivity contribution in [1.82, 2.24) is 23.9 Å². The van der Waals surface area contributed by atoms with E-state index in [1.54, 1.807) is 0 Å². The Hall–Kier alpha value is -4.35. The van der Waals surface area contributed by atoms with Gasteiger partial charge >= 0.3 is 6.03 Å². The molecule has 1 atom stereocenters. The maximum absolute atomic E-state index is 13.2. The van der Waals surface area contributed by atoms with E-state index in [0.29, 0.717) is 12.2 Å². The first kappa shape index (κ1) is 21.0. The monoisotopic (exact) mass is 475 g/mol. The number of nitrogens with zero attached hydrogens (tertiary/aromatic N) is 7. The number of hydrogen-bond acceptors (Lipinski definition) is 3. The summed E-state index contributed by atoms with van der Waals surface area (Å²) in [7, 11) is 2.12. The lowest BCUT2D eigenvalue weighted by Gasteiger charge is -2.33. The van der Waals surface area contributed by atoms with E-state index in [0.717, 1.165) is 65.8 Å². The van der Waals surface area contributed by atoms with E-state index in [1.807, 2.05) is 46.5 Å². The van der Waals surface area contributed by atoms with Crippen LogP contribution in [0.2, 0.25) is 0 Å². The molecule has 2 saturated heterocycles. The lowest BCUT2D eigenvalue weighted by Crippen LogP contribution is -2.50. The topological polar surface area (TPSA) is 53.9 Å². The van der Waals surface area contributed by atoms with Crippen molar-refractivity contribution in [1.29, 1.82) is 0 Å². The number of imidazole rings is 1. The second kappa shape index (κ2) is 7.83. The minimum Gasteiger partial charge on any atom is -0.340 e. The summed E-state index contributed by atoms with van der Waals surface area (Å²) in [4.78, 5) is 27.7. The fraction of sp³-hybridized carbons (Fsp3) is 0.250. The first-order valence-electron chi connectivity index (χ1n) is 12.2. The molecule has 0 radical (unpaired) electrons. The minimum atomic E-state index is 0.108. The first-order valence-corrected chi connectivity index (χ1v) is 12.2. The number of benzene rings is 2. The van der Waals surface area contributed by atoms with Crippen LogP contribution in [0.3, 0.4) is 0 Å². The van der Waals surface area contributed by atoms with Crippen LogP contribution in [0.4, 0.5) is 16.2 Å². The van der Waals surface area contributed by atoms with E-state index >= 15 is 0 Å². The van der Waals surface area contributed by atoms with Gasteiger partial charge in [-0.15, -0.1) is 0 Å². The van der Waals surface area contributed by atoms with Gasteiger partial charge in [-0.05, 0) is 42.4 Å². The number of aromatic nitrogens is 3. The molecule has 7 rings (SSSR count). The number of piperazine rings is 1. The standard InChI is InChI=1S/C28H25N7O/c1-29-22-5-3-19(4-6-22)20-14-26-27-30-9-10-34(27)25-8-7-23(13-21(25)16-32(26)15-20)35-18-24-17-31(2)11-12-33(24)28(35)36/h3-10,13-15,24H,11-12,16-18H2,2H3/t24-/m1/s1. The maximum atomic E-state index is 13.2. The Kier molecular flexibility index (Phi) is 4.56. The number of hydrogen-bond donors (Lipinski definition) is 0. The molecule has 2 fully saturated rings. The van der Waals surface area contributed by atoms with Gasteiger partial charge < -0.3 is 14.4 Å². The van der Waals surface area contributed by atoms with Gasteiger partial charge in [0.25, 0.3) is 0 Å². The van der Waals surface area contributed by atoms with Crippen molar-refractivity contribution in [3.05, 3.63) is 84.1 Å². The summed E-state index contributed by atoms with van der Waals surface area (Å²) in [6.07, 6.45) is 5.98. The van der Waals surface area contributed by atoms with Crippen molar-refractivity contribution < 1.29 is 4.79 Å². The molecule has 178 valence electrons. The smallest absolute Gasteiger partial charge is 0.324 e. The van der Waals surface area contributed by atoms with Gasteiger partial charge in [-0.2, -0.15) is 0 Å². The highest BCUT2D eigenvalue weighted by Gasteiger charge is 2.40. The van der Waals surface area contributed by atoms with Gasteiger partial charge in [0.05, 0.1) is 24.0 Å². The summed E-state index contributed by atoms with van der Waals surface area (Å²) < 4.78 is 4.37. The zero-order valence-corrected chi connectivity index (χ0v) is 20.0. The van der Waals surface area contributed by atoms with Crippen molar-refractivity contribution in [3.63, 3.8) is 0 Å². The second-order valence-electron chi connectivity index (χ2n) is 9.84. The molecule has 2 aromatic carbocycles. The Morgan fingerprint density at radius 3 is 2.72 bits per heavy atom. The number of rotatable bonds is 2. The highest BCUT2D eigenvalue weighted by atomic mass is 16.2. The number of carbonyl (C=O) groups is 1. The van der Waals surface area contributed by atoms with E-state index in [-0.39, 0.29) is 12.1 Å². The Balaban J connectivity index is 1.27. The predicted octanol–water partition coefficient (Wildman–Crippen LogP) is 4.48. The normalized spacial score (nSPS) is 18.8. The molecule has 3 aliphatic rings. The maximum Gasteiger partial charge on any atom is 0.324 e. The van der Waals surface area contributed by atoms with Gasteiger partial charge in [0.2, 0.25) is 0 Å². The van der Waals surface area contributed by atoms with E-state index in [9.17, 15) is 4.79 Å². The van der Waals surface area contributed by atoms with Crippen LogP contribution < -0.4 is 4.90 Å². The molecule has 0 saturated carbocycles. The number of fused-ring (bicyclic) bond motifs is 6. The van der Waals surface area contributed by atoms with Crippen molar-refractivity contribution in [3.8, 4) is 28.3 Å². The molecule has 0 bridgehead atoms. The van der Waals surface area contributed by atoms with Crippen LogP contribution in [0.25, 0.3) is 33.2 Å². The lowest BCUT2D eigenvalue weighted by atomic mass is 10.1. The van der Waals surface area contributed by atoms with Crippen LogP contribution in [0.15, 0.2) is 67.1 Å². The van der Waals surface area contributed by atoms with E-state index in [4.69, 9.17) is 6.57 Å². The summed E-state index contributed by atoms with van der Waals surface area (Å²) in [6.45, 7) is 11.2. The van der Waals surface area contributed by atoms with Gasteiger partial charge in [-0.3, -0.25) is 9.47 Å². The average Bonchev–Trinajstić information content (AvgIpc) is 3.60. The number of amides is 2. The minimum absolute atomic E-state index is 0.108. The zero-order chi connectivity index (χ0) is 24.4. The summed E-state index contributed by atoms with van der Waals surface area (Å²) in [5.74, 6) is 0.892. The van der Waals surface area contributed by atoms with E-state index in [1.165, 1.54) is 0 Å². The third-order valence-electron chi connectivity index (χ3n) is 7.63. The summed E-state index contributed by atoms with van der Waals surface area (Å²) in [6, 6.07) is 16.5. The molecule has 0 spiro atoms. The molecular formula is C28H25N7O. The van der Waals surface area contributed by atoms with Crippen LogP contribution >= 0.6 is 0 Å². The molecule has 0 aliphatic carbocycles. The molecule has 2 amide bonds. The van der Waals surface area contributed by atoms with Crippen LogP contribution in [-0.4, -0.2) is 69.2 Å². The van der Waals surface area contributed by atoms with Crippen molar-refractivity contribution in [2.45, 2.75) is 12.6 Å². The van der Waals surface area contributed by atoms with Crippen LogP contribution in [0, 0.1) is 6.57 Å². The van der Waals surface area contributed by atoms with Crippen LogP contribution in [-0.2, 0) is 6.54 Å². The molecular weight excluding hydrogens is 450 g/mol. The molecule has 2 aromatic heterocycles. The second-order valence-corrected chi connectivity index (χ2v) is 9.84. The number of urea groups is 1. The van der Waals surface area contributed by atoms with Crippen molar-refractivity contribution in [2.24, 2.45) is 0 Å². The SMILES string of the molecule is [C-]#[N+]c1ccc(-c2cc3n(c2)Cc2cc(N4C[C@H]5CN(C)CCN5C4=O)ccc2-n2ccnc2-3)cc1. The fourth-order valence-corrected chi connectivity index (χ4v) is 5.77. The number of carbonyl (C=O) groups excluding carboxylic acids is 1. The zero-order valence-electron chi connectivity index (χ0n) is 20.0. The Bertz CT molecular complexity index is 1540. The average molecular weight is 476 g/mol. The molecule has 3 aliphatic heterocycles. The summed E-state index contributed by atoms with van der Waals surface area (Å²) in [5, 5.41) is 0. The van der Waals surface area contributed by atoms with Crippen LogP contribution in [0.5, 0.6) is 0 Å². The largest absolute Gasteiger partial charge is 0.340 e. The molecule has 0 N–H and O–H groups in total. The third kappa shape index (κ3) is 3.17. The van der Waals surface area contributed by atoms with Gasteiger partial charge in [-0.1, -0.05) is 24.3 Å². The van der Waals surface area contributed by atoms with Gasteiger partial charge in [0.1, 0.15) is 0 Å². The molecule has 8 nitrogen and oxygen atoms in total. The van der Waals surface area contributed by atoms with Gasteiger partial charge in [0.15, 0.2) is 11.5 Å². The fourth-order valence-electron chi connectivity index (χ4n) is 5.77. The Morgan fingerprint density at radius 2 is 1.89 bits per heavy atom. The molecule has 8 heteroatoms. The van der Waals surface area contributed by atoms with Gasteiger partial charge in [0, 0.05) is 62.6 Å². The highest BCUT2D eigenvalue weighted by Crippen LogP contribution is 2.36. The number of likely N-dealkylation sites (N-methyl/N-ethyl adjacent to an activating group) is 1. The summed E-state index contributed by atoms with van der Waals surface area (Å²) in [5.41, 5.74) is 7.01. The third-order valence-corrected chi connectivity index (χ3v) is 7.63. The van der Waals surface area contributed by atoms with E-state index < -0.39 is 0 Å². The lowest BCUT2D eigenvalue weighted by molar-refractivity contribution is 0.139. The number of anilines is 1. The molecule has 0 unspecified atom stereocenters. The molecule has 4 aromatic rings. The highest BCUT2D eigenvalue weighted by molar-refractivity contribution is 5.95. The van der Waals surface area contributed by atoms with Crippen molar-refractivity contribution in [2.75, 3.05) is 38.1 Å². The van der Waals surface area contributed by atoms with Gasteiger partial charge in [-0.25, -0.2) is 14.6 Å². The first-order chi connectivity index (χ1) is 17.6. The predicted molar refractivity (Wildman–Crippen MR) is 139 cm³/mol. The van der Waals surface area contributed by atoms with E-state index in [2.05, 4.69) is 61.4 Å². The molecule has 5 heterocycles. The molecule has 36 heavy (non-hydrogen) atoms. The Labute approximate surface area is 209 Å². The summed E-state index contributed by atoms with van der Waals surface area (Å²) >= 11 is 0. The van der Waals surface area contributed by atoms with Crippen molar-refractivity contribution >= 4 is 17.4 Å². The quantitative estimate of drug-likeness (QED) is 0.354. The Morgan fingerprint density at radius 1 is 1.03 bits per heavy atom. The van der Waals surface area contributed by atoms with Crippen LogP contribution in [0.1, 0.15) is 5.56 Å².